The van der Waals surface area contributed by atoms with E-state index in [-0.39, 0.29) is 11.4 Å². The Kier molecular flexibility index (Phi) is 3.74. The van der Waals surface area contributed by atoms with Crippen LogP contribution < -0.4 is 5.32 Å². The third-order valence-corrected chi connectivity index (χ3v) is 3.61. The van der Waals surface area contributed by atoms with Crippen molar-refractivity contribution in [1.82, 2.24) is 5.32 Å². The van der Waals surface area contributed by atoms with Crippen LogP contribution in [0.15, 0.2) is 24.3 Å². The molecule has 1 unspecified atom stereocenters. The van der Waals surface area contributed by atoms with Gasteiger partial charge in [0.15, 0.2) is 0 Å². The Balaban J connectivity index is 2.00. The molecule has 0 aromatic heterocycles. The predicted molar refractivity (Wildman–Crippen MR) is 74.5 cm³/mol. The minimum Gasteiger partial charge on any atom is -0.351 e. The van der Waals surface area contributed by atoms with Gasteiger partial charge in [-0.2, -0.15) is 0 Å². The number of rotatable bonds is 4. The molecule has 18 heavy (non-hydrogen) atoms. The van der Waals surface area contributed by atoms with Crippen LogP contribution in [0.25, 0.3) is 0 Å². The minimum absolute atomic E-state index is 0.0450. The second kappa shape index (κ2) is 5.13. The maximum Gasteiger partial charge on any atom is 0.220 e. The molecule has 1 saturated heterocycles. The molecule has 98 valence electrons. The number of amides is 1. The highest BCUT2D eigenvalue weighted by Crippen LogP contribution is 2.24. The fourth-order valence-corrected chi connectivity index (χ4v) is 2.70. The van der Waals surface area contributed by atoms with E-state index in [1.807, 2.05) is 0 Å². The first-order valence-corrected chi connectivity index (χ1v) is 6.86. The van der Waals surface area contributed by atoms with Crippen LogP contribution in [0.1, 0.15) is 44.7 Å². The van der Waals surface area contributed by atoms with Gasteiger partial charge in [-0.25, -0.2) is 0 Å². The Labute approximate surface area is 110 Å². The van der Waals surface area contributed by atoms with Crippen molar-refractivity contribution < 1.29 is 4.79 Å². The zero-order valence-corrected chi connectivity index (χ0v) is 11.6. The fourth-order valence-electron chi connectivity index (χ4n) is 2.70. The quantitative estimate of drug-likeness (QED) is 0.867. The molecule has 1 aromatic carbocycles. The number of hydrogen-bond donors (Lipinski definition) is 1. The van der Waals surface area contributed by atoms with Gasteiger partial charge < -0.3 is 5.32 Å². The molecule has 2 nitrogen and oxygen atoms in total. The molecule has 1 amide bonds. The second-order valence-electron chi connectivity index (χ2n) is 6.20. The van der Waals surface area contributed by atoms with E-state index in [0.29, 0.717) is 12.3 Å². The smallest absolute Gasteiger partial charge is 0.220 e. The van der Waals surface area contributed by atoms with Gasteiger partial charge in [0.2, 0.25) is 5.91 Å². The van der Waals surface area contributed by atoms with E-state index in [9.17, 15) is 4.79 Å². The lowest BCUT2D eigenvalue weighted by Gasteiger charge is -2.24. The Hall–Kier alpha value is -1.31. The van der Waals surface area contributed by atoms with E-state index in [1.54, 1.807) is 0 Å². The van der Waals surface area contributed by atoms with E-state index in [4.69, 9.17) is 0 Å². The SMILES string of the molecule is CC(C)Cc1ccc(CC2(C)CCC(=O)N2)cc1. The van der Waals surface area contributed by atoms with Crippen LogP contribution >= 0.6 is 0 Å². The Morgan fingerprint density at radius 3 is 2.33 bits per heavy atom. The van der Waals surface area contributed by atoms with Gasteiger partial charge in [-0.05, 0) is 43.2 Å². The predicted octanol–water partition coefficient (Wildman–Crippen LogP) is 3.10. The Bertz CT molecular complexity index is 421. The van der Waals surface area contributed by atoms with E-state index >= 15 is 0 Å². The summed E-state index contributed by atoms with van der Waals surface area (Å²) < 4.78 is 0. The summed E-state index contributed by atoms with van der Waals surface area (Å²) in [5.41, 5.74) is 2.66. The second-order valence-corrected chi connectivity index (χ2v) is 6.20. The van der Waals surface area contributed by atoms with Crippen molar-refractivity contribution in [2.75, 3.05) is 0 Å². The third kappa shape index (κ3) is 3.34. The summed E-state index contributed by atoms with van der Waals surface area (Å²) in [6, 6.07) is 8.84. The van der Waals surface area contributed by atoms with Crippen LogP contribution in [0, 0.1) is 5.92 Å². The highest BCUT2D eigenvalue weighted by molar-refractivity contribution is 5.79. The normalized spacial score (nSPS) is 23.4. The molecule has 0 bridgehead atoms. The molecule has 1 aromatic rings. The monoisotopic (exact) mass is 245 g/mol. The van der Waals surface area contributed by atoms with Crippen molar-refractivity contribution in [2.45, 2.75) is 52.0 Å². The van der Waals surface area contributed by atoms with E-state index in [1.165, 1.54) is 11.1 Å². The molecule has 1 heterocycles. The van der Waals surface area contributed by atoms with Crippen molar-refractivity contribution in [3.63, 3.8) is 0 Å². The fraction of sp³-hybridized carbons (Fsp3) is 0.562. The largest absolute Gasteiger partial charge is 0.351 e. The lowest BCUT2D eigenvalue weighted by Crippen LogP contribution is -2.40. The van der Waals surface area contributed by atoms with Gasteiger partial charge in [-0.15, -0.1) is 0 Å². The zero-order valence-electron chi connectivity index (χ0n) is 11.6. The van der Waals surface area contributed by atoms with Gasteiger partial charge in [0, 0.05) is 12.0 Å². The Morgan fingerprint density at radius 2 is 1.83 bits per heavy atom. The van der Waals surface area contributed by atoms with Crippen LogP contribution in [0.3, 0.4) is 0 Å². The van der Waals surface area contributed by atoms with E-state index in [2.05, 4.69) is 50.4 Å². The first kappa shape index (κ1) is 13.1. The van der Waals surface area contributed by atoms with Gasteiger partial charge >= 0.3 is 0 Å². The average Bonchev–Trinajstić information content (AvgIpc) is 2.61. The van der Waals surface area contributed by atoms with Crippen LogP contribution in [0.4, 0.5) is 0 Å². The third-order valence-electron chi connectivity index (χ3n) is 3.61. The molecule has 0 radical (unpaired) electrons. The molecule has 2 rings (SSSR count). The number of nitrogens with one attached hydrogen (secondary N) is 1. The molecule has 1 N–H and O–H groups in total. The number of hydrogen-bond acceptors (Lipinski definition) is 1. The molecule has 1 atom stereocenters. The average molecular weight is 245 g/mol. The minimum atomic E-state index is -0.0450. The van der Waals surface area contributed by atoms with Gasteiger partial charge in [0.05, 0.1) is 0 Å². The maximum atomic E-state index is 11.3. The summed E-state index contributed by atoms with van der Waals surface area (Å²) in [7, 11) is 0. The first-order valence-electron chi connectivity index (χ1n) is 6.86. The van der Waals surface area contributed by atoms with Crippen molar-refractivity contribution in [1.29, 1.82) is 0 Å². The lowest BCUT2D eigenvalue weighted by atomic mass is 9.90. The van der Waals surface area contributed by atoms with Crippen LogP contribution in [0.5, 0.6) is 0 Å². The van der Waals surface area contributed by atoms with Crippen molar-refractivity contribution >= 4 is 5.91 Å². The van der Waals surface area contributed by atoms with Crippen LogP contribution in [0.2, 0.25) is 0 Å². The number of carbonyl (C=O) groups is 1. The Morgan fingerprint density at radius 1 is 1.22 bits per heavy atom. The van der Waals surface area contributed by atoms with Crippen molar-refractivity contribution in [2.24, 2.45) is 5.92 Å². The van der Waals surface area contributed by atoms with Crippen LogP contribution in [-0.2, 0) is 17.6 Å². The molecular weight excluding hydrogens is 222 g/mol. The summed E-state index contributed by atoms with van der Waals surface area (Å²) in [5, 5.41) is 3.09. The van der Waals surface area contributed by atoms with Gasteiger partial charge in [-0.1, -0.05) is 38.1 Å². The van der Waals surface area contributed by atoms with Crippen molar-refractivity contribution in [3.05, 3.63) is 35.4 Å². The molecule has 1 aliphatic rings. The van der Waals surface area contributed by atoms with Gasteiger partial charge in [0.25, 0.3) is 0 Å². The highest BCUT2D eigenvalue weighted by atomic mass is 16.2. The maximum absolute atomic E-state index is 11.3. The number of benzene rings is 1. The summed E-state index contributed by atoms with van der Waals surface area (Å²) in [6.45, 7) is 6.62. The van der Waals surface area contributed by atoms with Gasteiger partial charge in [0.1, 0.15) is 0 Å². The molecule has 1 fully saturated rings. The molecule has 0 spiro atoms. The number of carbonyl (C=O) groups excluding carboxylic acids is 1. The molecule has 2 heteroatoms. The molecule has 0 aliphatic carbocycles. The molecule has 1 aliphatic heterocycles. The summed E-state index contributed by atoms with van der Waals surface area (Å²) in [6.07, 6.45) is 3.68. The zero-order chi connectivity index (χ0) is 13.2. The first-order chi connectivity index (χ1) is 8.47. The summed E-state index contributed by atoms with van der Waals surface area (Å²) in [4.78, 5) is 11.3. The molecule has 0 saturated carbocycles. The summed E-state index contributed by atoms with van der Waals surface area (Å²) >= 11 is 0. The molecular formula is C16H23NO. The highest BCUT2D eigenvalue weighted by Gasteiger charge is 2.32. The van der Waals surface area contributed by atoms with E-state index in [0.717, 1.165) is 19.3 Å². The lowest BCUT2D eigenvalue weighted by molar-refractivity contribution is -0.119. The standard InChI is InChI=1S/C16H23NO/c1-12(2)10-13-4-6-14(7-5-13)11-16(3)9-8-15(18)17-16/h4-7,12H,8-11H2,1-3H3,(H,17,18). The van der Waals surface area contributed by atoms with E-state index < -0.39 is 0 Å². The summed E-state index contributed by atoms with van der Waals surface area (Å²) in [5.74, 6) is 0.886. The van der Waals surface area contributed by atoms with Crippen molar-refractivity contribution in [3.8, 4) is 0 Å². The topological polar surface area (TPSA) is 29.1 Å². The van der Waals surface area contributed by atoms with Crippen LogP contribution in [-0.4, -0.2) is 11.4 Å². The van der Waals surface area contributed by atoms with Gasteiger partial charge in [-0.3, -0.25) is 4.79 Å².